The molecule has 3 atom stereocenters. The molecule has 0 bridgehead atoms. The molecule has 1 fully saturated rings. The molecule has 0 aliphatic heterocycles. The lowest BCUT2D eigenvalue weighted by molar-refractivity contribution is -0.144. The van der Waals surface area contributed by atoms with Gasteiger partial charge in [0.25, 0.3) is 0 Å². The van der Waals surface area contributed by atoms with Gasteiger partial charge in [-0.15, -0.1) is 0 Å². The van der Waals surface area contributed by atoms with Crippen LogP contribution in [0.2, 0.25) is 0 Å². The molecule has 0 spiro atoms. The molecule has 1 saturated carbocycles. The van der Waals surface area contributed by atoms with E-state index in [0.29, 0.717) is 12.4 Å². The Kier molecular flexibility index (Phi) is 4.71. The van der Waals surface area contributed by atoms with Crippen LogP contribution in [0, 0.1) is 12.8 Å². The molecule has 0 saturated heterocycles. The number of rotatable bonds is 5. The zero-order valence-corrected chi connectivity index (χ0v) is 15.5. The van der Waals surface area contributed by atoms with Crippen LogP contribution in [0.25, 0.3) is 11.4 Å². The van der Waals surface area contributed by atoms with Crippen molar-refractivity contribution in [1.82, 2.24) is 9.97 Å². The van der Waals surface area contributed by atoms with E-state index in [1.807, 2.05) is 56.6 Å². The summed E-state index contributed by atoms with van der Waals surface area (Å²) in [4.78, 5) is 21.4. The SMILES string of the molecule is CCOC(=O)C1C(c2ccccc2)C1c1cccc(-c2ncc(C)cn2)c1. The minimum absolute atomic E-state index is 0.117. The van der Waals surface area contributed by atoms with Gasteiger partial charge in [0, 0.05) is 29.8 Å². The van der Waals surface area contributed by atoms with Crippen LogP contribution in [-0.2, 0) is 9.53 Å². The van der Waals surface area contributed by atoms with Crippen LogP contribution < -0.4 is 0 Å². The number of hydrogen-bond donors (Lipinski definition) is 0. The first kappa shape index (κ1) is 17.4. The van der Waals surface area contributed by atoms with E-state index in [4.69, 9.17) is 4.74 Å². The summed E-state index contributed by atoms with van der Waals surface area (Å²) in [5.41, 5.74) is 4.30. The minimum atomic E-state index is -0.137. The monoisotopic (exact) mass is 358 g/mol. The van der Waals surface area contributed by atoms with Gasteiger partial charge in [-0.25, -0.2) is 9.97 Å². The first-order chi connectivity index (χ1) is 13.2. The van der Waals surface area contributed by atoms with Crippen LogP contribution in [0.3, 0.4) is 0 Å². The van der Waals surface area contributed by atoms with Gasteiger partial charge >= 0.3 is 5.97 Å². The number of carbonyl (C=O) groups is 1. The summed E-state index contributed by atoms with van der Waals surface area (Å²) in [5.74, 6) is 0.721. The van der Waals surface area contributed by atoms with Crippen molar-refractivity contribution in [2.24, 2.45) is 5.92 Å². The van der Waals surface area contributed by atoms with Crippen molar-refractivity contribution < 1.29 is 9.53 Å². The third-order valence-electron chi connectivity index (χ3n) is 5.07. The molecule has 2 aromatic carbocycles. The number of aromatic nitrogens is 2. The largest absolute Gasteiger partial charge is 0.466 e. The van der Waals surface area contributed by atoms with Crippen molar-refractivity contribution in [3.8, 4) is 11.4 Å². The van der Waals surface area contributed by atoms with E-state index in [1.165, 1.54) is 5.56 Å². The Labute approximate surface area is 159 Å². The Balaban J connectivity index is 1.67. The summed E-state index contributed by atoms with van der Waals surface area (Å²) < 4.78 is 5.33. The first-order valence-corrected chi connectivity index (χ1v) is 9.29. The highest BCUT2D eigenvalue weighted by atomic mass is 16.5. The van der Waals surface area contributed by atoms with Gasteiger partial charge in [-0.2, -0.15) is 0 Å². The molecule has 27 heavy (non-hydrogen) atoms. The molecule has 1 aliphatic carbocycles. The lowest BCUT2D eigenvalue weighted by atomic mass is 10.0. The Morgan fingerprint density at radius 1 is 0.963 bits per heavy atom. The maximum Gasteiger partial charge on any atom is 0.310 e. The summed E-state index contributed by atoms with van der Waals surface area (Å²) in [6, 6.07) is 18.4. The molecule has 4 nitrogen and oxygen atoms in total. The summed E-state index contributed by atoms with van der Waals surface area (Å²) in [6.07, 6.45) is 3.64. The quantitative estimate of drug-likeness (QED) is 0.630. The van der Waals surface area contributed by atoms with Crippen LogP contribution in [0.1, 0.15) is 35.4 Å². The second-order valence-corrected chi connectivity index (χ2v) is 6.95. The van der Waals surface area contributed by atoms with Crippen molar-refractivity contribution >= 4 is 5.97 Å². The first-order valence-electron chi connectivity index (χ1n) is 9.29. The summed E-state index contributed by atoms with van der Waals surface area (Å²) in [5, 5.41) is 0. The van der Waals surface area contributed by atoms with Gasteiger partial charge in [-0.3, -0.25) is 4.79 Å². The van der Waals surface area contributed by atoms with E-state index < -0.39 is 0 Å². The average molecular weight is 358 g/mol. The number of carbonyl (C=O) groups excluding carboxylic acids is 1. The maximum absolute atomic E-state index is 12.5. The van der Waals surface area contributed by atoms with Gasteiger partial charge in [0.2, 0.25) is 0 Å². The van der Waals surface area contributed by atoms with E-state index in [1.54, 1.807) is 0 Å². The second-order valence-electron chi connectivity index (χ2n) is 6.95. The number of esters is 1. The number of hydrogen-bond acceptors (Lipinski definition) is 4. The summed E-state index contributed by atoms with van der Waals surface area (Å²) in [6.45, 7) is 4.22. The van der Waals surface area contributed by atoms with Gasteiger partial charge in [0.1, 0.15) is 0 Å². The summed E-state index contributed by atoms with van der Waals surface area (Å²) in [7, 11) is 0. The van der Waals surface area contributed by atoms with Crippen LogP contribution in [-0.4, -0.2) is 22.5 Å². The fraction of sp³-hybridized carbons (Fsp3) is 0.261. The Morgan fingerprint density at radius 3 is 2.33 bits per heavy atom. The van der Waals surface area contributed by atoms with E-state index in [9.17, 15) is 4.79 Å². The highest BCUT2D eigenvalue weighted by Crippen LogP contribution is 2.61. The smallest absolute Gasteiger partial charge is 0.310 e. The van der Waals surface area contributed by atoms with Gasteiger partial charge in [0.15, 0.2) is 5.82 Å². The Hall–Kier alpha value is -3.01. The topological polar surface area (TPSA) is 52.1 Å². The maximum atomic E-state index is 12.5. The standard InChI is InChI=1S/C23H22N2O2/c1-3-27-23(26)21-19(16-8-5-4-6-9-16)20(21)17-10-7-11-18(12-17)22-24-13-15(2)14-25-22/h4-14,19-21H,3H2,1-2H3. The molecule has 136 valence electrons. The molecule has 3 aromatic rings. The lowest BCUT2D eigenvalue weighted by Crippen LogP contribution is -2.08. The predicted molar refractivity (Wildman–Crippen MR) is 104 cm³/mol. The fourth-order valence-corrected chi connectivity index (χ4v) is 3.77. The third kappa shape index (κ3) is 3.47. The molecule has 0 N–H and O–H groups in total. The van der Waals surface area contributed by atoms with E-state index >= 15 is 0 Å². The van der Waals surface area contributed by atoms with E-state index in [-0.39, 0.29) is 23.7 Å². The van der Waals surface area contributed by atoms with Crippen molar-refractivity contribution in [2.45, 2.75) is 25.7 Å². The molecule has 1 heterocycles. The fourth-order valence-electron chi connectivity index (χ4n) is 3.77. The Bertz CT molecular complexity index is 938. The molecule has 4 rings (SSSR count). The molecule has 4 heteroatoms. The zero-order chi connectivity index (χ0) is 18.8. The zero-order valence-electron chi connectivity index (χ0n) is 15.5. The van der Waals surface area contributed by atoms with Gasteiger partial charge < -0.3 is 4.74 Å². The average Bonchev–Trinajstić information content (AvgIpc) is 3.45. The van der Waals surface area contributed by atoms with Crippen molar-refractivity contribution in [3.05, 3.63) is 83.7 Å². The van der Waals surface area contributed by atoms with E-state index in [0.717, 1.165) is 16.7 Å². The van der Waals surface area contributed by atoms with Crippen LogP contribution in [0.4, 0.5) is 0 Å². The highest BCUT2D eigenvalue weighted by Gasteiger charge is 2.57. The van der Waals surface area contributed by atoms with Crippen LogP contribution >= 0.6 is 0 Å². The number of ether oxygens (including phenoxy) is 1. The number of aryl methyl sites for hydroxylation is 1. The van der Waals surface area contributed by atoms with Crippen molar-refractivity contribution in [3.63, 3.8) is 0 Å². The molecular weight excluding hydrogens is 336 g/mol. The number of benzene rings is 2. The molecule has 0 amide bonds. The van der Waals surface area contributed by atoms with Gasteiger partial charge in [-0.1, -0.05) is 48.5 Å². The normalized spacial score (nSPS) is 20.9. The predicted octanol–water partition coefficient (Wildman–Crippen LogP) is 4.51. The van der Waals surface area contributed by atoms with Crippen LogP contribution in [0.15, 0.2) is 67.0 Å². The molecule has 1 aromatic heterocycles. The number of nitrogens with zero attached hydrogens (tertiary/aromatic N) is 2. The molecule has 0 radical (unpaired) electrons. The van der Waals surface area contributed by atoms with Crippen molar-refractivity contribution in [1.29, 1.82) is 0 Å². The molecule has 3 unspecified atom stereocenters. The van der Waals surface area contributed by atoms with Gasteiger partial charge in [0.05, 0.1) is 12.5 Å². The third-order valence-corrected chi connectivity index (χ3v) is 5.07. The lowest BCUT2D eigenvalue weighted by Gasteiger charge is -2.05. The highest BCUT2D eigenvalue weighted by molar-refractivity contribution is 5.80. The summed E-state index contributed by atoms with van der Waals surface area (Å²) >= 11 is 0. The van der Waals surface area contributed by atoms with Crippen LogP contribution in [0.5, 0.6) is 0 Å². The second kappa shape index (κ2) is 7.31. The minimum Gasteiger partial charge on any atom is -0.466 e. The van der Waals surface area contributed by atoms with Gasteiger partial charge in [-0.05, 0) is 36.6 Å². The van der Waals surface area contributed by atoms with E-state index in [2.05, 4.69) is 34.2 Å². The molecular formula is C23H22N2O2. The Morgan fingerprint density at radius 2 is 1.63 bits per heavy atom. The van der Waals surface area contributed by atoms with Crippen molar-refractivity contribution in [2.75, 3.05) is 6.61 Å². The molecule has 1 aliphatic rings.